The molecule has 1 aromatic rings. The maximum absolute atomic E-state index is 13.0. The number of nitrogens with zero attached hydrogens (tertiary/aromatic N) is 2. The largest absolute Gasteiger partial charge is 0.462 e. The number of rotatable bonds is 4. The van der Waals surface area contributed by atoms with Crippen molar-refractivity contribution >= 4 is 5.97 Å². The van der Waals surface area contributed by atoms with Gasteiger partial charge in [0.05, 0.1) is 18.1 Å². The first-order valence-electron chi connectivity index (χ1n) is 13.2. The summed E-state index contributed by atoms with van der Waals surface area (Å²) in [6, 6.07) is 6.24. The van der Waals surface area contributed by atoms with E-state index < -0.39 is 0 Å². The lowest BCUT2D eigenvalue weighted by Gasteiger charge is -2.51. The number of ether oxygens (including phenoxy) is 4. The van der Waals surface area contributed by atoms with Crippen LogP contribution in [0.5, 0.6) is 11.5 Å². The van der Waals surface area contributed by atoms with Gasteiger partial charge >= 0.3 is 5.97 Å². The number of hydrogen-bond donors (Lipinski definition) is 0. The molecule has 4 aliphatic heterocycles. The van der Waals surface area contributed by atoms with E-state index in [9.17, 15) is 4.79 Å². The van der Waals surface area contributed by atoms with E-state index in [1.165, 1.54) is 24.8 Å². The predicted molar refractivity (Wildman–Crippen MR) is 125 cm³/mol. The van der Waals surface area contributed by atoms with Crippen LogP contribution in [-0.4, -0.2) is 73.6 Å². The summed E-state index contributed by atoms with van der Waals surface area (Å²) in [6.07, 6.45) is 5.94. The minimum Gasteiger partial charge on any atom is -0.462 e. The molecular formula is C27H36N2O5. The van der Waals surface area contributed by atoms with Gasteiger partial charge in [0.1, 0.15) is 6.10 Å². The van der Waals surface area contributed by atoms with Crippen LogP contribution in [0.2, 0.25) is 0 Å². The number of benzene rings is 1. The highest BCUT2D eigenvalue weighted by Crippen LogP contribution is 2.62. The first-order chi connectivity index (χ1) is 16.5. The molecule has 0 radical (unpaired) electrons. The van der Waals surface area contributed by atoms with Gasteiger partial charge in [0.25, 0.3) is 0 Å². The van der Waals surface area contributed by atoms with Crippen molar-refractivity contribution in [2.75, 3.05) is 46.1 Å². The average molecular weight is 469 g/mol. The summed E-state index contributed by atoms with van der Waals surface area (Å²) in [5.41, 5.74) is 1.65. The number of carbonyl (C=O) groups is 1. The number of piperazine rings is 1. The van der Waals surface area contributed by atoms with Gasteiger partial charge in [-0.2, -0.15) is 0 Å². The molecule has 7 heteroatoms. The van der Waals surface area contributed by atoms with Crippen molar-refractivity contribution in [3.05, 3.63) is 23.8 Å². The summed E-state index contributed by atoms with van der Waals surface area (Å²) in [7, 11) is 0. The molecule has 184 valence electrons. The van der Waals surface area contributed by atoms with Crippen LogP contribution in [0, 0.1) is 23.2 Å². The number of epoxide rings is 1. The minimum atomic E-state index is 0.0210. The molecule has 0 unspecified atom stereocenters. The number of esters is 1. The highest BCUT2D eigenvalue weighted by Gasteiger charge is 2.65. The summed E-state index contributed by atoms with van der Waals surface area (Å²) < 4.78 is 23.0. The fourth-order valence-electron chi connectivity index (χ4n) is 7.87. The van der Waals surface area contributed by atoms with Gasteiger partial charge in [0.2, 0.25) is 6.79 Å². The first-order valence-corrected chi connectivity index (χ1v) is 13.2. The van der Waals surface area contributed by atoms with E-state index in [4.69, 9.17) is 18.9 Å². The molecule has 1 spiro atoms. The number of carbonyl (C=O) groups excluding carboxylic acids is 1. The van der Waals surface area contributed by atoms with E-state index in [-0.39, 0.29) is 29.0 Å². The summed E-state index contributed by atoms with van der Waals surface area (Å²) in [6.45, 7) is 9.46. The number of hydrogen-bond acceptors (Lipinski definition) is 7. The molecule has 0 bridgehead atoms. The normalized spacial score (nSPS) is 41.3. The van der Waals surface area contributed by atoms with E-state index in [1.54, 1.807) is 0 Å². The zero-order chi connectivity index (χ0) is 22.9. The Bertz CT molecular complexity index is 972. The molecular weight excluding hydrogens is 432 g/mol. The third kappa shape index (κ3) is 3.54. The van der Waals surface area contributed by atoms with Crippen LogP contribution < -0.4 is 9.47 Å². The highest BCUT2D eigenvalue weighted by atomic mass is 16.7. The predicted octanol–water partition coefficient (Wildman–Crippen LogP) is 3.06. The molecule has 0 amide bonds. The third-order valence-electron chi connectivity index (χ3n) is 9.84. The van der Waals surface area contributed by atoms with Crippen molar-refractivity contribution in [1.82, 2.24) is 9.80 Å². The Morgan fingerprint density at radius 2 is 1.85 bits per heavy atom. The Morgan fingerprint density at radius 1 is 1.06 bits per heavy atom. The van der Waals surface area contributed by atoms with Gasteiger partial charge in [0.15, 0.2) is 11.5 Å². The summed E-state index contributed by atoms with van der Waals surface area (Å²) in [5.74, 6) is 2.71. The fourth-order valence-corrected chi connectivity index (χ4v) is 7.87. The first kappa shape index (κ1) is 21.5. The zero-order valence-electron chi connectivity index (χ0n) is 20.2. The molecule has 3 saturated heterocycles. The Labute approximate surface area is 201 Å². The summed E-state index contributed by atoms with van der Waals surface area (Å²) >= 11 is 0. The van der Waals surface area contributed by atoms with Crippen LogP contribution in [0.15, 0.2) is 18.2 Å². The minimum absolute atomic E-state index is 0.0210. The van der Waals surface area contributed by atoms with E-state index in [0.717, 1.165) is 70.2 Å². The lowest BCUT2D eigenvalue weighted by Crippen LogP contribution is -2.52. The van der Waals surface area contributed by atoms with Crippen LogP contribution in [-0.2, 0) is 20.8 Å². The molecule has 4 heterocycles. The van der Waals surface area contributed by atoms with E-state index in [2.05, 4.69) is 28.9 Å². The molecule has 0 aromatic heterocycles. The second-order valence-electron chi connectivity index (χ2n) is 11.9. The molecule has 1 aromatic carbocycles. The van der Waals surface area contributed by atoms with Crippen LogP contribution in [0.1, 0.15) is 44.6 Å². The van der Waals surface area contributed by atoms with Gasteiger partial charge < -0.3 is 18.9 Å². The van der Waals surface area contributed by atoms with Crippen LogP contribution in [0.4, 0.5) is 0 Å². The molecule has 2 saturated carbocycles. The summed E-state index contributed by atoms with van der Waals surface area (Å²) in [4.78, 5) is 18.0. The van der Waals surface area contributed by atoms with Gasteiger partial charge in [-0.3, -0.25) is 14.6 Å². The molecule has 6 aliphatic rings. The second kappa shape index (κ2) is 7.84. The third-order valence-corrected chi connectivity index (χ3v) is 9.84. The lowest BCUT2D eigenvalue weighted by molar-refractivity contribution is -0.147. The van der Waals surface area contributed by atoms with E-state index in [0.29, 0.717) is 18.6 Å². The van der Waals surface area contributed by atoms with Crippen molar-refractivity contribution in [3.8, 4) is 11.5 Å². The van der Waals surface area contributed by atoms with Crippen LogP contribution in [0.25, 0.3) is 0 Å². The average Bonchev–Trinajstić information content (AvgIpc) is 3.31. The number of fused-ring (bicyclic) bond motifs is 4. The highest BCUT2D eigenvalue weighted by molar-refractivity contribution is 5.75. The monoisotopic (exact) mass is 468 g/mol. The Hall–Kier alpha value is -1.83. The van der Waals surface area contributed by atoms with Crippen molar-refractivity contribution in [2.24, 2.45) is 23.2 Å². The van der Waals surface area contributed by atoms with Crippen molar-refractivity contribution in [1.29, 1.82) is 0 Å². The quantitative estimate of drug-likeness (QED) is 0.497. The van der Waals surface area contributed by atoms with Gasteiger partial charge in [-0.05, 0) is 61.1 Å². The van der Waals surface area contributed by atoms with Gasteiger partial charge in [-0.1, -0.05) is 13.0 Å². The van der Waals surface area contributed by atoms with Crippen molar-refractivity contribution in [2.45, 2.75) is 57.3 Å². The van der Waals surface area contributed by atoms with Gasteiger partial charge in [-0.15, -0.1) is 0 Å². The molecule has 7 rings (SSSR count). The fraction of sp³-hybridized carbons (Fsp3) is 0.741. The SMILES string of the molecule is C[C@]12CCC[C@]3(CO3)[C@H]1C[C@@H]1[C@@H](C2)OC(=O)[C@@H]1CN1CCN(Cc2ccc3c(c2)OCO3)CC1. The topological polar surface area (TPSA) is 63.8 Å². The molecule has 7 nitrogen and oxygen atoms in total. The van der Waals surface area contributed by atoms with E-state index >= 15 is 0 Å². The molecule has 6 atom stereocenters. The van der Waals surface area contributed by atoms with Crippen molar-refractivity contribution < 1.29 is 23.7 Å². The molecule has 0 N–H and O–H groups in total. The maximum Gasteiger partial charge on any atom is 0.310 e. The van der Waals surface area contributed by atoms with Crippen molar-refractivity contribution in [3.63, 3.8) is 0 Å². The molecule has 2 aliphatic carbocycles. The van der Waals surface area contributed by atoms with Crippen LogP contribution >= 0.6 is 0 Å². The molecule has 5 fully saturated rings. The standard InChI is InChI=1S/C27H36N2O5/c1-26-5-2-6-27(16-33-27)24(26)12-19-20(25(30)34-23(19)13-26)15-29-9-7-28(8-10-29)14-18-3-4-21-22(11-18)32-17-31-21/h3-4,11,19-20,23-24H,2,5-10,12-17H2,1H3/t19-,20+,23+,24-,26+,27-/m0/s1. The smallest absolute Gasteiger partial charge is 0.310 e. The maximum atomic E-state index is 13.0. The van der Waals surface area contributed by atoms with Gasteiger partial charge in [0, 0.05) is 45.2 Å². The Kier molecular flexibility index (Phi) is 4.94. The molecule has 34 heavy (non-hydrogen) atoms. The Morgan fingerprint density at radius 3 is 2.68 bits per heavy atom. The van der Waals surface area contributed by atoms with Gasteiger partial charge in [-0.25, -0.2) is 0 Å². The second-order valence-corrected chi connectivity index (χ2v) is 11.9. The lowest BCUT2D eigenvalue weighted by atomic mass is 9.53. The zero-order valence-corrected chi connectivity index (χ0v) is 20.2. The van der Waals surface area contributed by atoms with E-state index in [1.807, 2.05) is 6.07 Å². The van der Waals surface area contributed by atoms with Crippen LogP contribution in [0.3, 0.4) is 0 Å². The Balaban J connectivity index is 0.971. The summed E-state index contributed by atoms with van der Waals surface area (Å²) in [5, 5.41) is 0.